The number of amides is 1. The summed E-state index contributed by atoms with van der Waals surface area (Å²) in [6.07, 6.45) is 3.48. The van der Waals surface area contributed by atoms with Crippen LogP contribution in [0.1, 0.15) is 46.5 Å². The molecule has 120 valence electrons. The van der Waals surface area contributed by atoms with Gasteiger partial charge in [0.15, 0.2) is 0 Å². The summed E-state index contributed by atoms with van der Waals surface area (Å²) in [7, 11) is 1.35. The maximum Gasteiger partial charge on any atom is 0.408 e. The predicted molar refractivity (Wildman–Crippen MR) is 77.8 cm³/mol. The molecule has 0 spiro atoms. The first-order valence-corrected chi connectivity index (χ1v) is 7.62. The number of esters is 1. The number of ether oxygens (including phenoxy) is 2. The van der Waals surface area contributed by atoms with Crippen molar-refractivity contribution in [3.05, 3.63) is 0 Å². The first kappa shape index (κ1) is 16.1. The summed E-state index contributed by atoms with van der Waals surface area (Å²) in [6, 6.07) is 0.262. The summed E-state index contributed by atoms with van der Waals surface area (Å²) in [5.74, 6) is -0.295. The fourth-order valence-electron chi connectivity index (χ4n) is 3.30. The molecule has 2 rings (SSSR count). The van der Waals surface area contributed by atoms with Gasteiger partial charge in [-0.15, -0.1) is 0 Å². The molecule has 6 heteroatoms. The first-order valence-electron chi connectivity index (χ1n) is 7.62. The zero-order chi connectivity index (χ0) is 15.6. The predicted octanol–water partition coefficient (Wildman–Crippen LogP) is 1.58. The highest BCUT2D eigenvalue weighted by Crippen LogP contribution is 2.33. The fourth-order valence-corrected chi connectivity index (χ4v) is 3.30. The molecule has 0 saturated carbocycles. The number of carbonyl (C=O) groups is 2. The van der Waals surface area contributed by atoms with Gasteiger partial charge < -0.3 is 20.1 Å². The van der Waals surface area contributed by atoms with E-state index < -0.39 is 23.7 Å². The van der Waals surface area contributed by atoms with Gasteiger partial charge in [-0.1, -0.05) is 0 Å². The highest BCUT2D eigenvalue weighted by molar-refractivity contribution is 5.81. The van der Waals surface area contributed by atoms with Crippen molar-refractivity contribution in [2.45, 2.75) is 70.2 Å². The quantitative estimate of drug-likeness (QED) is 0.774. The Hall–Kier alpha value is -1.30. The van der Waals surface area contributed by atoms with Crippen LogP contribution in [-0.4, -0.2) is 42.9 Å². The van der Waals surface area contributed by atoms with Gasteiger partial charge in [0.05, 0.1) is 7.11 Å². The number of fused-ring (bicyclic) bond motifs is 2. The number of carbonyl (C=O) groups excluding carboxylic acids is 2. The summed E-state index contributed by atoms with van der Waals surface area (Å²) in [5, 5.41) is 6.23. The van der Waals surface area contributed by atoms with Crippen molar-refractivity contribution in [3.63, 3.8) is 0 Å². The van der Waals surface area contributed by atoms with Crippen LogP contribution in [-0.2, 0) is 14.3 Å². The Bertz CT molecular complexity index is 393. The van der Waals surface area contributed by atoms with Crippen LogP contribution in [0.3, 0.4) is 0 Å². The Labute approximate surface area is 125 Å². The van der Waals surface area contributed by atoms with Crippen molar-refractivity contribution >= 4 is 12.1 Å². The lowest BCUT2D eigenvalue weighted by Gasteiger charge is -2.34. The second-order valence-electron chi connectivity index (χ2n) is 7.02. The van der Waals surface area contributed by atoms with Crippen LogP contribution in [0.4, 0.5) is 4.79 Å². The van der Waals surface area contributed by atoms with Crippen LogP contribution < -0.4 is 10.6 Å². The highest BCUT2D eigenvalue weighted by atomic mass is 16.6. The Morgan fingerprint density at radius 1 is 1.19 bits per heavy atom. The van der Waals surface area contributed by atoms with Crippen LogP contribution in [0.2, 0.25) is 0 Å². The Morgan fingerprint density at radius 2 is 1.76 bits per heavy atom. The molecule has 2 aliphatic rings. The minimum atomic E-state index is -0.630. The van der Waals surface area contributed by atoms with E-state index in [9.17, 15) is 9.59 Å². The molecule has 2 saturated heterocycles. The molecule has 21 heavy (non-hydrogen) atoms. The normalized spacial score (nSPS) is 29.6. The maximum atomic E-state index is 12.0. The third kappa shape index (κ3) is 4.33. The SMILES string of the molecule is COC(=O)[C@@H](NC(=O)OC(C)(C)C)C1C[C@H]2CC[C@@H](C1)N2. The highest BCUT2D eigenvalue weighted by Gasteiger charge is 2.41. The van der Waals surface area contributed by atoms with Crippen molar-refractivity contribution in [3.8, 4) is 0 Å². The van der Waals surface area contributed by atoms with Crippen molar-refractivity contribution in [1.82, 2.24) is 10.6 Å². The standard InChI is InChI=1S/C15H26N2O4/c1-15(2,3)21-14(19)17-12(13(18)20-4)9-7-10-5-6-11(8-9)16-10/h9-12,16H,5-8H2,1-4H3,(H,17,19)/t9?,10-,11+,12-/m0/s1. The molecule has 1 amide bonds. The van der Waals surface area contributed by atoms with Crippen LogP contribution in [0, 0.1) is 5.92 Å². The molecule has 6 nitrogen and oxygen atoms in total. The van der Waals surface area contributed by atoms with E-state index in [-0.39, 0.29) is 5.92 Å². The van der Waals surface area contributed by atoms with Crippen molar-refractivity contribution < 1.29 is 19.1 Å². The lowest BCUT2D eigenvalue weighted by atomic mass is 9.86. The van der Waals surface area contributed by atoms with E-state index in [0.29, 0.717) is 12.1 Å². The topological polar surface area (TPSA) is 76.7 Å². The Kier molecular flexibility index (Phi) is 4.76. The average Bonchev–Trinajstić information content (AvgIpc) is 2.72. The monoisotopic (exact) mass is 298 g/mol. The number of rotatable bonds is 3. The van der Waals surface area contributed by atoms with E-state index in [4.69, 9.17) is 9.47 Å². The molecule has 0 radical (unpaired) electrons. The van der Waals surface area contributed by atoms with Gasteiger partial charge in [0.1, 0.15) is 11.6 Å². The lowest BCUT2D eigenvalue weighted by molar-refractivity contribution is -0.145. The number of nitrogens with one attached hydrogen (secondary N) is 2. The summed E-state index contributed by atoms with van der Waals surface area (Å²) in [5.41, 5.74) is -0.585. The average molecular weight is 298 g/mol. The molecule has 2 fully saturated rings. The van der Waals surface area contributed by atoms with Crippen LogP contribution in [0.5, 0.6) is 0 Å². The van der Waals surface area contributed by atoms with Crippen molar-refractivity contribution in [2.24, 2.45) is 5.92 Å². The van der Waals surface area contributed by atoms with Gasteiger partial charge in [-0.2, -0.15) is 0 Å². The molecule has 4 atom stereocenters. The molecule has 1 unspecified atom stereocenters. The number of hydrogen-bond donors (Lipinski definition) is 2. The van der Waals surface area contributed by atoms with Gasteiger partial charge in [0.25, 0.3) is 0 Å². The summed E-state index contributed by atoms with van der Waals surface area (Å²) in [6.45, 7) is 5.39. The Morgan fingerprint density at radius 3 is 2.24 bits per heavy atom. The van der Waals surface area contributed by atoms with Gasteiger partial charge >= 0.3 is 12.1 Å². The molecular formula is C15H26N2O4. The summed E-state index contributed by atoms with van der Waals surface area (Å²) >= 11 is 0. The molecule has 0 aromatic heterocycles. The van der Waals surface area contributed by atoms with E-state index in [1.54, 1.807) is 20.8 Å². The van der Waals surface area contributed by atoms with Gasteiger partial charge in [-0.25, -0.2) is 9.59 Å². The third-order valence-electron chi connectivity index (χ3n) is 4.11. The van der Waals surface area contributed by atoms with Gasteiger partial charge in [-0.05, 0) is 52.4 Å². The van der Waals surface area contributed by atoms with E-state index in [0.717, 1.165) is 25.7 Å². The van der Waals surface area contributed by atoms with Crippen LogP contribution in [0.25, 0.3) is 0 Å². The van der Waals surface area contributed by atoms with Gasteiger partial charge in [0, 0.05) is 12.1 Å². The maximum absolute atomic E-state index is 12.0. The first-order chi connectivity index (χ1) is 9.78. The smallest absolute Gasteiger partial charge is 0.408 e. The minimum absolute atomic E-state index is 0.101. The molecule has 2 heterocycles. The van der Waals surface area contributed by atoms with E-state index in [2.05, 4.69) is 10.6 Å². The zero-order valence-corrected chi connectivity index (χ0v) is 13.3. The lowest BCUT2D eigenvalue weighted by Crippen LogP contribution is -2.52. The largest absolute Gasteiger partial charge is 0.467 e. The van der Waals surface area contributed by atoms with Crippen LogP contribution in [0.15, 0.2) is 0 Å². The minimum Gasteiger partial charge on any atom is -0.467 e. The number of hydrogen-bond acceptors (Lipinski definition) is 5. The summed E-state index contributed by atoms with van der Waals surface area (Å²) < 4.78 is 10.1. The molecule has 0 aliphatic carbocycles. The zero-order valence-electron chi connectivity index (χ0n) is 13.3. The van der Waals surface area contributed by atoms with Gasteiger partial charge in [-0.3, -0.25) is 0 Å². The molecule has 2 bridgehead atoms. The second kappa shape index (κ2) is 6.22. The molecular weight excluding hydrogens is 272 g/mol. The van der Waals surface area contributed by atoms with E-state index >= 15 is 0 Å². The van der Waals surface area contributed by atoms with Gasteiger partial charge in [0.2, 0.25) is 0 Å². The molecule has 2 aliphatic heterocycles. The Balaban J connectivity index is 2.01. The molecule has 2 N–H and O–H groups in total. The number of methoxy groups -OCH3 is 1. The third-order valence-corrected chi connectivity index (χ3v) is 4.11. The van der Waals surface area contributed by atoms with E-state index in [1.165, 1.54) is 7.11 Å². The molecule has 0 aromatic rings. The van der Waals surface area contributed by atoms with E-state index in [1.807, 2.05) is 0 Å². The van der Waals surface area contributed by atoms with Crippen LogP contribution >= 0.6 is 0 Å². The second-order valence-corrected chi connectivity index (χ2v) is 7.02. The van der Waals surface area contributed by atoms with Crippen molar-refractivity contribution in [1.29, 1.82) is 0 Å². The molecule has 0 aromatic carbocycles. The summed E-state index contributed by atoms with van der Waals surface area (Å²) in [4.78, 5) is 24.0. The fraction of sp³-hybridized carbons (Fsp3) is 0.867. The number of alkyl carbamates (subject to hydrolysis) is 1. The number of piperidine rings is 1. The van der Waals surface area contributed by atoms with Crippen molar-refractivity contribution in [2.75, 3.05) is 7.11 Å².